The Morgan fingerprint density at radius 2 is 1.79 bits per heavy atom. The Morgan fingerprint density at radius 3 is 2.32 bits per heavy atom. The van der Waals surface area contributed by atoms with Gasteiger partial charge in [-0.05, 0) is 42.5 Å². The number of hydrogen-bond acceptors (Lipinski definition) is 2. The summed E-state index contributed by atoms with van der Waals surface area (Å²) < 4.78 is 27.9. The van der Waals surface area contributed by atoms with E-state index in [1.165, 1.54) is 0 Å². The van der Waals surface area contributed by atoms with E-state index in [9.17, 15) is 8.42 Å². The van der Waals surface area contributed by atoms with Gasteiger partial charge in [-0.2, -0.15) is 0 Å². The van der Waals surface area contributed by atoms with E-state index in [2.05, 4.69) is 20.7 Å². The first-order valence-electron chi connectivity index (χ1n) is 6.29. The Balaban J connectivity index is 2.07. The summed E-state index contributed by atoms with van der Waals surface area (Å²) in [7, 11) is -3.44. The van der Waals surface area contributed by atoms with Crippen LogP contribution in [-0.2, 0) is 10.0 Å². The molecule has 0 radical (unpaired) electrons. The van der Waals surface area contributed by atoms with Crippen molar-refractivity contribution in [2.45, 2.75) is 30.6 Å². The van der Waals surface area contributed by atoms with Crippen molar-refractivity contribution in [1.82, 2.24) is 4.72 Å². The third-order valence-corrected chi connectivity index (χ3v) is 6.22. The fraction of sp³-hybridized carbons (Fsp3) is 0.538. The van der Waals surface area contributed by atoms with Crippen LogP contribution in [0.2, 0.25) is 0 Å². The van der Waals surface area contributed by atoms with Gasteiger partial charge >= 0.3 is 0 Å². The summed E-state index contributed by atoms with van der Waals surface area (Å²) in [6, 6.07) is 6.63. The molecule has 0 aliphatic heterocycles. The molecular weight excluding hydrogens is 350 g/mol. The van der Waals surface area contributed by atoms with Gasteiger partial charge in [0.15, 0.2) is 0 Å². The molecule has 0 atom stereocenters. The van der Waals surface area contributed by atoms with Crippen molar-refractivity contribution in [1.29, 1.82) is 0 Å². The zero-order valence-corrected chi connectivity index (χ0v) is 13.7. The summed E-state index contributed by atoms with van der Waals surface area (Å²) in [4.78, 5) is 0.290. The lowest BCUT2D eigenvalue weighted by molar-refractivity contribution is 0.342. The molecule has 1 aromatic carbocycles. The molecule has 6 heteroatoms. The first-order valence-corrected chi connectivity index (χ1v) is 9.10. The van der Waals surface area contributed by atoms with Gasteiger partial charge in [0.1, 0.15) is 0 Å². The second-order valence-electron chi connectivity index (χ2n) is 5.12. The molecule has 3 nitrogen and oxygen atoms in total. The number of halogens is 2. The first-order chi connectivity index (χ1) is 8.97. The van der Waals surface area contributed by atoms with Gasteiger partial charge < -0.3 is 0 Å². The number of hydrogen-bond donors (Lipinski definition) is 1. The highest BCUT2D eigenvalue weighted by Gasteiger charge is 2.34. The lowest BCUT2D eigenvalue weighted by atomic mass is 9.89. The van der Waals surface area contributed by atoms with Gasteiger partial charge in [-0.3, -0.25) is 0 Å². The topological polar surface area (TPSA) is 46.2 Å². The third-order valence-electron chi connectivity index (χ3n) is 3.71. The van der Waals surface area contributed by atoms with E-state index in [-0.39, 0.29) is 5.41 Å². The highest BCUT2D eigenvalue weighted by molar-refractivity contribution is 9.10. The summed E-state index contributed by atoms with van der Waals surface area (Å²) in [6.45, 7) is 0.425. The summed E-state index contributed by atoms with van der Waals surface area (Å²) in [5, 5.41) is 0. The van der Waals surface area contributed by atoms with Crippen LogP contribution in [0.5, 0.6) is 0 Å². The fourth-order valence-electron chi connectivity index (χ4n) is 2.43. The van der Waals surface area contributed by atoms with Crippen LogP contribution in [0.3, 0.4) is 0 Å². The molecule has 0 heterocycles. The Labute approximate surface area is 127 Å². The molecule has 2 rings (SSSR count). The molecule has 1 saturated carbocycles. The van der Waals surface area contributed by atoms with E-state index in [1.807, 2.05) is 0 Å². The van der Waals surface area contributed by atoms with Crippen molar-refractivity contribution in [2.24, 2.45) is 5.41 Å². The van der Waals surface area contributed by atoms with Gasteiger partial charge in [0.25, 0.3) is 0 Å². The number of alkyl halides is 1. The van der Waals surface area contributed by atoms with E-state index in [1.54, 1.807) is 24.3 Å². The summed E-state index contributed by atoms with van der Waals surface area (Å²) in [5.74, 6) is 0.510. The maximum atomic E-state index is 12.2. The van der Waals surface area contributed by atoms with Crippen LogP contribution in [0, 0.1) is 5.41 Å². The third kappa shape index (κ3) is 3.72. The second kappa shape index (κ2) is 6.12. The van der Waals surface area contributed by atoms with Crippen LogP contribution in [0.4, 0.5) is 0 Å². The van der Waals surface area contributed by atoms with Crippen LogP contribution in [0.1, 0.15) is 25.7 Å². The molecular formula is C13H17BrClNO2S. The Bertz CT molecular complexity index is 524. The lowest BCUT2D eigenvalue weighted by Crippen LogP contribution is -2.37. The van der Waals surface area contributed by atoms with Crippen molar-refractivity contribution < 1.29 is 8.42 Å². The standard InChI is InChI=1S/C13H17BrClNO2S/c14-11-3-5-12(6-4-11)19(17,18)16-10-13(9-15)7-1-2-8-13/h3-6,16H,1-2,7-10H2. The molecule has 1 aliphatic rings. The highest BCUT2D eigenvalue weighted by atomic mass is 79.9. The van der Waals surface area contributed by atoms with Crippen molar-refractivity contribution in [2.75, 3.05) is 12.4 Å². The maximum Gasteiger partial charge on any atom is 0.240 e. The van der Waals surface area contributed by atoms with E-state index < -0.39 is 10.0 Å². The molecule has 19 heavy (non-hydrogen) atoms. The monoisotopic (exact) mass is 365 g/mol. The van der Waals surface area contributed by atoms with Gasteiger partial charge in [-0.15, -0.1) is 11.6 Å². The molecule has 0 amide bonds. The van der Waals surface area contributed by atoms with Gasteiger partial charge in [-0.25, -0.2) is 13.1 Å². The van der Waals surface area contributed by atoms with Crippen molar-refractivity contribution in [3.8, 4) is 0 Å². The quantitative estimate of drug-likeness (QED) is 0.810. The Hall–Kier alpha value is -0.100. The normalized spacial score (nSPS) is 18.6. The van der Waals surface area contributed by atoms with Crippen LogP contribution in [0.25, 0.3) is 0 Å². The average molecular weight is 367 g/mol. The molecule has 1 N–H and O–H groups in total. The zero-order chi connectivity index (χ0) is 13.9. The number of nitrogens with one attached hydrogen (secondary N) is 1. The molecule has 0 spiro atoms. The van der Waals surface area contributed by atoms with E-state index in [4.69, 9.17) is 11.6 Å². The molecule has 0 unspecified atom stereocenters. The molecule has 1 aliphatic carbocycles. The molecule has 1 fully saturated rings. The maximum absolute atomic E-state index is 12.2. The lowest BCUT2D eigenvalue weighted by Gasteiger charge is -2.26. The molecule has 0 aromatic heterocycles. The minimum Gasteiger partial charge on any atom is -0.211 e. The molecule has 106 valence electrons. The van der Waals surface area contributed by atoms with Gasteiger partial charge in [0.2, 0.25) is 10.0 Å². The predicted octanol–water partition coefficient (Wildman–Crippen LogP) is 3.53. The Morgan fingerprint density at radius 1 is 1.21 bits per heavy atom. The summed E-state index contributed by atoms with van der Waals surface area (Å²) >= 11 is 9.31. The van der Waals surface area contributed by atoms with Crippen LogP contribution < -0.4 is 4.72 Å². The Kier molecular flexibility index (Phi) is 4.93. The SMILES string of the molecule is O=S(=O)(NCC1(CCl)CCCC1)c1ccc(Br)cc1. The highest BCUT2D eigenvalue weighted by Crippen LogP contribution is 2.38. The number of benzene rings is 1. The van der Waals surface area contributed by atoms with Crippen LogP contribution in [-0.4, -0.2) is 20.8 Å². The first kappa shape index (κ1) is 15.3. The largest absolute Gasteiger partial charge is 0.240 e. The van der Waals surface area contributed by atoms with Crippen molar-refractivity contribution >= 4 is 37.6 Å². The predicted molar refractivity (Wildman–Crippen MR) is 81.0 cm³/mol. The summed E-state index contributed by atoms with van der Waals surface area (Å²) in [5.41, 5.74) is -0.0655. The van der Waals surface area contributed by atoms with Gasteiger partial charge in [0, 0.05) is 16.9 Å². The molecule has 1 aromatic rings. The minimum atomic E-state index is -3.44. The molecule has 0 bridgehead atoms. The summed E-state index contributed by atoms with van der Waals surface area (Å²) in [6.07, 6.45) is 4.26. The fourth-order valence-corrected chi connectivity index (χ4v) is 4.21. The van der Waals surface area contributed by atoms with Crippen LogP contribution in [0.15, 0.2) is 33.6 Å². The van der Waals surface area contributed by atoms with E-state index in [0.717, 1.165) is 30.2 Å². The minimum absolute atomic E-state index is 0.0655. The van der Waals surface area contributed by atoms with Gasteiger partial charge in [0.05, 0.1) is 4.90 Å². The van der Waals surface area contributed by atoms with E-state index >= 15 is 0 Å². The zero-order valence-electron chi connectivity index (χ0n) is 10.5. The average Bonchev–Trinajstić information content (AvgIpc) is 2.87. The molecule has 0 saturated heterocycles. The second-order valence-corrected chi connectivity index (χ2v) is 8.07. The van der Waals surface area contributed by atoms with E-state index in [0.29, 0.717) is 17.3 Å². The number of sulfonamides is 1. The van der Waals surface area contributed by atoms with Crippen molar-refractivity contribution in [3.05, 3.63) is 28.7 Å². The van der Waals surface area contributed by atoms with Gasteiger partial charge in [-0.1, -0.05) is 28.8 Å². The van der Waals surface area contributed by atoms with Crippen molar-refractivity contribution in [3.63, 3.8) is 0 Å². The number of rotatable bonds is 5. The smallest absolute Gasteiger partial charge is 0.211 e. The van der Waals surface area contributed by atoms with Crippen LogP contribution >= 0.6 is 27.5 Å².